The Morgan fingerprint density at radius 1 is 0.889 bits per heavy atom. The van der Waals surface area contributed by atoms with Gasteiger partial charge in [0.2, 0.25) is 5.91 Å². The van der Waals surface area contributed by atoms with Gasteiger partial charge in [0, 0.05) is 49.4 Å². The van der Waals surface area contributed by atoms with Crippen molar-refractivity contribution in [2.24, 2.45) is 5.92 Å². The minimum atomic E-state index is -0.498. The highest BCUT2D eigenvalue weighted by molar-refractivity contribution is 5.96. The van der Waals surface area contributed by atoms with Gasteiger partial charge in [-0.15, -0.1) is 0 Å². The monoisotopic (exact) mass is 489 g/mol. The van der Waals surface area contributed by atoms with E-state index in [1.165, 1.54) is 51.5 Å². The Morgan fingerprint density at radius 2 is 1.58 bits per heavy atom. The van der Waals surface area contributed by atoms with Gasteiger partial charge in [0.25, 0.3) is 5.91 Å². The predicted molar refractivity (Wildman–Crippen MR) is 142 cm³/mol. The SMILES string of the molecule is CNC(=O)c1ccc2c(c1)C(C(=O)NC1CCN(CC3CCCCCCC3)CC1)c1ccccc1O2. The third-order valence-corrected chi connectivity index (χ3v) is 8.20. The molecule has 6 nitrogen and oxygen atoms in total. The number of piperidine rings is 1. The lowest BCUT2D eigenvalue weighted by atomic mass is 9.85. The van der Waals surface area contributed by atoms with E-state index in [4.69, 9.17) is 4.74 Å². The first-order valence-corrected chi connectivity index (χ1v) is 13.8. The van der Waals surface area contributed by atoms with Gasteiger partial charge < -0.3 is 20.3 Å². The molecular weight excluding hydrogens is 450 g/mol. The summed E-state index contributed by atoms with van der Waals surface area (Å²) in [6.07, 6.45) is 11.7. The van der Waals surface area contributed by atoms with E-state index in [1.54, 1.807) is 25.2 Å². The molecule has 0 spiro atoms. The second kappa shape index (κ2) is 11.5. The van der Waals surface area contributed by atoms with Crippen LogP contribution in [-0.2, 0) is 4.79 Å². The first kappa shape index (κ1) is 24.8. The Bertz CT molecular complexity index is 1070. The molecule has 2 aromatic carbocycles. The summed E-state index contributed by atoms with van der Waals surface area (Å²) in [6.45, 7) is 3.30. The van der Waals surface area contributed by atoms with Crippen LogP contribution in [0.25, 0.3) is 0 Å². The van der Waals surface area contributed by atoms with Crippen LogP contribution in [0.5, 0.6) is 11.5 Å². The molecule has 1 aliphatic carbocycles. The quantitative estimate of drug-likeness (QED) is 0.604. The van der Waals surface area contributed by atoms with E-state index in [-0.39, 0.29) is 17.9 Å². The van der Waals surface area contributed by atoms with Crippen LogP contribution in [0.15, 0.2) is 42.5 Å². The van der Waals surface area contributed by atoms with E-state index < -0.39 is 5.92 Å². The van der Waals surface area contributed by atoms with Gasteiger partial charge in [-0.2, -0.15) is 0 Å². The first-order valence-electron chi connectivity index (χ1n) is 13.8. The maximum atomic E-state index is 13.7. The Morgan fingerprint density at radius 3 is 2.33 bits per heavy atom. The maximum absolute atomic E-state index is 13.7. The van der Waals surface area contributed by atoms with E-state index in [1.807, 2.05) is 24.3 Å². The van der Waals surface area contributed by atoms with E-state index in [0.717, 1.165) is 43.0 Å². The highest BCUT2D eigenvalue weighted by atomic mass is 16.5. The van der Waals surface area contributed by atoms with Crippen molar-refractivity contribution in [3.8, 4) is 11.5 Å². The van der Waals surface area contributed by atoms with E-state index in [2.05, 4.69) is 15.5 Å². The van der Waals surface area contributed by atoms with Crippen molar-refractivity contribution in [3.63, 3.8) is 0 Å². The number of nitrogens with zero attached hydrogens (tertiary/aromatic N) is 1. The number of hydrogen-bond acceptors (Lipinski definition) is 4. The summed E-state index contributed by atoms with van der Waals surface area (Å²) >= 11 is 0. The largest absolute Gasteiger partial charge is 0.457 e. The molecule has 192 valence electrons. The molecule has 2 N–H and O–H groups in total. The normalized spacial score (nSPS) is 21.3. The molecule has 1 atom stereocenters. The van der Waals surface area contributed by atoms with E-state index in [9.17, 15) is 9.59 Å². The fraction of sp³-hybridized carbons (Fsp3) is 0.533. The second-order valence-electron chi connectivity index (χ2n) is 10.7. The van der Waals surface area contributed by atoms with Crippen molar-refractivity contribution in [3.05, 3.63) is 59.2 Å². The van der Waals surface area contributed by atoms with Crippen LogP contribution in [-0.4, -0.2) is 49.4 Å². The van der Waals surface area contributed by atoms with E-state index >= 15 is 0 Å². The van der Waals surface area contributed by atoms with Gasteiger partial charge in [-0.3, -0.25) is 9.59 Å². The summed E-state index contributed by atoms with van der Waals surface area (Å²) in [5, 5.41) is 6.03. The van der Waals surface area contributed by atoms with Crippen molar-refractivity contribution in [2.75, 3.05) is 26.7 Å². The molecule has 6 heteroatoms. The third kappa shape index (κ3) is 5.59. The number of para-hydroxylation sites is 1. The summed E-state index contributed by atoms with van der Waals surface area (Å²) in [4.78, 5) is 28.6. The number of carbonyl (C=O) groups is 2. The summed E-state index contributed by atoms with van der Waals surface area (Å²) in [5.41, 5.74) is 2.12. The minimum absolute atomic E-state index is 0.0143. The van der Waals surface area contributed by atoms with Gasteiger partial charge in [0.15, 0.2) is 0 Å². The fourth-order valence-corrected chi connectivity index (χ4v) is 6.17. The fourth-order valence-electron chi connectivity index (χ4n) is 6.17. The number of nitrogens with one attached hydrogen (secondary N) is 2. The Labute approximate surface area is 214 Å². The van der Waals surface area contributed by atoms with Gasteiger partial charge in [-0.1, -0.05) is 50.3 Å². The standard InChI is InChI=1S/C30H39N3O3/c1-31-29(34)22-13-14-27-25(19-22)28(24-11-7-8-12-26(24)36-27)30(35)32-23-15-17-33(18-16-23)20-21-9-5-3-2-4-6-10-21/h7-8,11-14,19,21,23,28H,2-6,9-10,15-18,20H2,1H3,(H,31,34)(H,32,35). The van der Waals surface area contributed by atoms with Crippen molar-refractivity contribution >= 4 is 11.8 Å². The molecule has 0 aromatic heterocycles. The lowest BCUT2D eigenvalue weighted by molar-refractivity contribution is -0.122. The molecule has 2 fully saturated rings. The lowest BCUT2D eigenvalue weighted by Crippen LogP contribution is -2.47. The highest BCUT2D eigenvalue weighted by Crippen LogP contribution is 2.44. The van der Waals surface area contributed by atoms with Crippen LogP contribution < -0.4 is 15.4 Å². The molecule has 3 aliphatic rings. The molecule has 2 amide bonds. The van der Waals surface area contributed by atoms with Gasteiger partial charge in [0.1, 0.15) is 11.5 Å². The number of rotatable bonds is 5. The number of fused-ring (bicyclic) bond motifs is 2. The smallest absolute Gasteiger partial charge is 0.251 e. The topological polar surface area (TPSA) is 70.7 Å². The second-order valence-corrected chi connectivity index (χ2v) is 10.7. The molecule has 2 heterocycles. The molecular formula is C30H39N3O3. The predicted octanol–water partition coefficient (Wildman–Crippen LogP) is 5.22. The number of hydrogen-bond donors (Lipinski definition) is 2. The first-order chi connectivity index (χ1) is 17.6. The number of ether oxygens (including phenoxy) is 1. The summed E-state index contributed by atoms with van der Waals surface area (Å²) < 4.78 is 6.10. The molecule has 1 unspecified atom stereocenters. The molecule has 2 aliphatic heterocycles. The van der Waals surface area contributed by atoms with Gasteiger partial charge in [-0.05, 0) is 55.9 Å². The summed E-state index contributed by atoms with van der Waals surface area (Å²) in [7, 11) is 1.61. The van der Waals surface area contributed by atoms with Gasteiger partial charge in [0.05, 0.1) is 5.92 Å². The minimum Gasteiger partial charge on any atom is -0.457 e. The van der Waals surface area contributed by atoms with Gasteiger partial charge in [-0.25, -0.2) is 0 Å². The van der Waals surface area contributed by atoms with Crippen molar-refractivity contribution in [1.29, 1.82) is 0 Å². The average molecular weight is 490 g/mol. The van der Waals surface area contributed by atoms with Crippen molar-refractivity contribution in [2.45, 2.75) is 69.7 Å². The molecule has 2 aromatic rings. The zero-order chi connectivity index (χ0) is 24.9. The average Bonchev–Trinajstić information content (AvgIpc) is 2.89. The summed E-state index contributed by atoms with van der Waals surface area (Å²) in [5.74, 6) is 1.48. The molecule has 0 radical (unpaired) electrons. The molecule has 1 saturated carbocycles. The van der Waals surface area contributed by atoms with Crippen LogP contribution in [0.4, 0.5) is 0 Å². The Balaban J connectivity index is 1.25. The van der Waals surface area contributed by atoms with Crippen LogP contribution in [0.1, 0.15) is 85.2 Å². The van der Waals surface area contributed by atoms with Gasteiger partial charge >= 0.3 is 0 Å². The van der Waals surface area contributed by atoms with Crippen molar-refractivity contribution < 1.29 is 14.3 Å². The lowest BCUT2D eigenvalue weighted by Gasteiger charge is -2.36. The Hall–Kier alpha value is -2.86. The molecule has 5 rings (SSSR count). The third-order valence-electron chi connectivity index (χ3n) is 8.20. The summed E-state index contributed by atoms with van der Waals surface area (Å²) in [6, 6.07) is 13.2. The number of amides is 2. The Kier molecular flexibility index (Phi) is 7.90. The van der Waals surface area contributed by atoms with Crippen LogP contribution >= 0.6 is 0 Å². The van der Waals surface area contributed by atoms with Crippen LogP contribution in [0.3, 0.4) is 0 Å². The zero-order valence-electron chi connectivity index (χ0n) is 21.4. The number of likely N-dealkylation sites (tertiary alicyclic amines) is 1. The highest BCUT2D eigenvalue weighted by Gasteiger charge is 2.35. The van der Waals surface area contributed by atoms with Crippen LogP contribution in [0, 0.1) is 5.92 Å². The zero-order valence-corrected chi connectivity index (χ0v) is 21.4. The number of benzene rings is 2. The maximum Gasteiger partial charge on any atom is 0.251 e. The van der Waals surface area contributed by atoms with E-state index in [0.29, 0.717) is 17.1 Å². The van der Waals surface area contributed by atoms with Crippen LogP contribution in [0.2, 0.25) is 0 Å². The molecule has 0 bridgehead atoms. The number of carbonyl (C=O) groups excluding carboxylic acids is 2. The molecule has 36 heavy (non-hydrogen) atoms. The molecule has 1 saturated heterocycles. The van der Waals surface area contributed by atoms with Crippen molar-refractivity contribution in [1.82, 2.24) is 15.5 Å².